The maximum absolute atomic E-state index is 12.3. The van der Waals surface area contributed by atoms with Gasteiger partial charge in [0.25, 0.3) is 0 Å². The lowest BCUT2D eigenvalue weighted by Crippen LogP contribution is -2.67. The average molecular weight is 320 g/mol. The maximum atomic E-state index is 12.3. The molecule has 114 valence electrons. The van der Waals surface area contributed by atoms with Crippen LogP contribution >= 0.6 is 0 Å². The number of hydrogen-bond donors (Lipinski definition) is 0. The third kappa shape index (κ3) is 3.02. The first-order valence-corrected chi connectivity index (χ1v) is 9.71. The van der Waals surface area contributed by atoms with E-state index < -0.39 is 23.0 Å². The van der Waals surface area contributed by atoms with Gasteiger partial charge in [-0.05, 0) is 20.8 Å². The summed E-state index contributed by atoms with van der Waals surface area (Å²) < 4.78 is 38.4. The van der Waals surface area contributed by atoms with Crippen LogP contribution in [-0.2, 0) is 23.1 Å². The molecule has 0 saturated carbocycles. The molecule has 7 nitrogen and oxygen atoms in total. The van der Waals surface area contributed by atoms with E-state index in [1.165, 1.54) is 6.92 Å². The van der Waals surface area contributed by atoms with E-state index in [0.29, 0.717) is 0 Å². The van der Waals surface area contributed by atoms with E-state index in [9.17, 15) is 18.9 Å². The van der Waals surface area contributed by atoms with Gasteiger partial charge < -0.3 is 13.3 Å². The molecule has 0 bridgehead atoms. The summed E-state index contributed by atoms with van der Waals surface area (Å²) in [5, 5.41) is 18.8. The zero-order valence-electron chi connectivity index (χ0n) is 12.2. The van der Waals surface area contributed by atoms with Gasteiger partial charge in [-0.3, -0.25) is 0 Å². The Hall–Kier alpha value is -0.973. The highest BCUT2D eigenvalue weighted by atomic mass is 32.2. The molecule has 0 aliphatic heterocycles. The fraction of sp³-hybridized carbons (Fsp3) is 0.818. The molecule has 0 amide bonds. The quantitative estimate of drug-likeness (QED) is 0.578. The summed E-state index contributed by atoms with van der Waals surface area (Å²) in [4.78, 5) is 0. The summed E-state index contributed by atoms with van der Waals surface area (Å²) in [7, 11) is -8.12. The van der Waals surface area contributed by atoms with Crippen molar-refractivity contribution in [2.24, 2.45) is 0 Å². The lowest BCUT2D eigenvalue weighted by atomic mass is 10.5. The van der Waals surface area contributed by atoms with Crippen LogP contribution in [0.5, 0.6) is 0 Å². The van der Waals surface area contributed by atoms with Crippen molar-refractivity contribution < 1.29 is 21.7 Å². The Morgan fingerprint density at radius 2 is 1.30 bits per heavy atom. The maximum Gasteiger partial charge on any atom is 0.553 e. The van der Waals surface area contributed by atoms with Crippen LogP contribution in [0.3, 0.4) is 0 Å². The van der Waals surface area contributed by atoms with Crippen LogP contribution in [0.15, 0.2) is 0 Å². The first kappa shape index (κ1) is 19.0. The number of nitrogens with zero attached hydrogens (tertiary/aromatic N) is 2. The Balaban J connectivity index is 6.31. The molecule has 0 heterocycles. The molecule has 0 aromatic carbocycles. The monoisotopic (exact) mass is 320 g/mol. The minimum Gasteiger partial charge on any atom is -0.372 e. The van der Waals surface area contributed by atoms with Gasteiger partial charge in [0.15, 0.2) is 9.84 Å². The topological polar surface area (TPSA) is 109 Å². The van der Waals surface area contributed by atoms with Crippen LogP contribution in [0.25, 0.3) is 0 Å². The third-order valence-electron chi connectivity index (χ3n) is 2.60. The van der Waals surface area contributed by atoms with Gasteiger partial charge in [-0.15, -0.1) is 0 Å². The summed E-state index contributed by atoms with van der Waals surface area (Å²) in [6, 6.07) is 3.18. The summed E-state index contributed by atoms with van der Waals surface area (Å²) >= 11 is 0. The van der Waals surface area contributed by atoms with Gasteiger partial charge in [0.05, 0.1) is 5.75 Å². The van der Waals surface area contributed by atoms with Gasteiger partial charge in [0.2, 0.25) is 0 Å². The largest absolute Gasteiger partial charge is 0.553 e. The van der Waals surface area contributed by atoms with Crippen molar-refractivity contribution in [3.8, 4) is 12.1 Å². The third-order valence-corrected chi connectivity index (χ3v) is 9.25. The molecular formula is C11H20N2O5SSi. The molecule has 0 aliphatic carbocycles. The standard InChI is InChI=1S/C11H20N2O5SSi/c1-5-16-20(17-6-2,18-7-3)11(9-12,10-13)19(14,15)8-4/h5-8H2,1-4H3. The summed E-state index contributed by atoms with van der Waals surface area (Å²) in [5.74, 6) is -0.379. The second kappa shape index (κ2) is 7.72. The van der Waals surface area contributed by atoms with Gasteiger partial charge in [-0.1, -0.05) is 6.92 Å². The average Bonchev–Trinajstić information content (AvgIpc) is 2.41. The molecule has 20 heavy (non-hydrogen) atoms. The Kier molecular flexibility index (Phi) is 7.34. The molecule has 0 rings (SSSR count). The SMILES string of the molecule is CCO[Si](OCC)(OCC)C(C#N)(C#N)S(=O)(=O)CC. The molecule has 0 radical (unpaired) electrons. The van der Waals surface area contributed by atoms with Gasteiger partial charge in [-0.25, -0.2) is 8.42 Å². The molecule has 0 atom stereocenters. The van der Waals surface area contributed by atoms with E-state index in [2.05, 4.69) is 0 Å². The molecule has 0 N–H and O–H groups in total. The highest BCUT2D eigenvalue weighted by Gasteiger charge is 2.70. The first-order chi connectivity index (χ1) is 9.36. The van der Waals surface area contributed by atoms with Crippen LogP contribution in [-0.4, -0.2) is 47.2 Å². The molecular weight excluding hydrogens is 300 g/mol. The van der Waals surface area contributed by atoms with Crippen LogP contribution < -0.4 is 0 Å². The van der Waals surface area contributed by atoms with Crippen LogP contribution in [0.1, 0.15) is 27.7 Å². The van der Waals surface area contributed by atoms with Crippen molar-refractivity contribution in [2.75, 3.05) is 25.6 Å². The molecule has 9 heteroatoms. The number of sulfone groups is 1. The lowest BCUT2D eigenvalue weighted by Gasteiger charge is -2.35. The normalized spacial score (nSPS) is 12.7. The van der Waals surface area contributed by atoms with Gasteiger partial charge in [-0.2, -0.15) is 10.5 Å². The minimum absolute atomic E-state index is 0.0799. The van der Waals surface area contributed by atoms with E-state index >= 15 is 0 Å². The minimum atomic E-state index is -4.08. The first-order valence-electron chi connectivity index (χ1n) is 6.33. The Labute approximate surface area is 121 Å². The van der Waals surface area contributed by atoms with Crippen LogP contribution in [0.4, 0.5) is 0 Å². The Bertz CT molecular complexity index is 463. The van der Waals surface area contributed by atoms with Crippen molar-refractivity contribution in [1.29, 1.82) is 10.5 Å². The van der Waals surface area contributed by atoms with E-state index in [-0.39, 0.29) is 25.6 Å². The van der Waals surface area contributed by atoms with Gasteiger partial charge in [0, 0.05) is 19.8 Å². The van der Waals surface area contributed by atoms with Gasteiger partial charge >= 0.3 is 13.2 Å². The van der Waals surface area contributed by atoms with Gasteiger partial charge in [0.1, 0.15) is 12.1 Å². The fourth-order valence-corrected chi connectivity index (χ4v) is 7.18. The number of nitriles is 2. The zero-order chi connectivity index (χ0) is 15.9. The van der Waals surface area contributed by atoms with Crippen molar-refractivity contribution in [2.45, 2.75) is 32.1 Å². The van der Waals surface area contributed by atoms with Crippen molar-refractivity contribution >= 4 is 18.6 Å². The molecule has 0 aliphatic rings. The molecule has 0 saturated heterocycles. The zero-order valence-corrected chi connectivity index (χ0v) is 14.0. The highest BCUT2D eigenvalue weighted by Crippen LogP contribution is 2.32. The van der Waals surface area contributed by atoms with E-state index in [1.807, 2.05) is 0 Å². The molecule has 0 fully saturated rings. The number of hydrogen-bond acceptors (Lipinski definition) is 7. The molecule has 0 aromatic heterocycles. The summed E-state index contributed by atoms with van der Waals surface area (Å²) in [5.41, 5.74) is 0. The van der Waals surface area contributed by atoms with Crippen LogP contribution in [0.2, 0.25) is 0 Å². The lowest BCUT2D eigenvalue weighted by molar-refractivity contribution is 0.0672. The second-order valence-electron chi connectivity index (χ2n) is 3.66. The molecule has 0 aromatic rings. The second-order valence-corrected chi connectivity index (χ2v) is 9.17. The van der Waals surface area contributed by atoms with Crippen molar-refractivity contribution in [3.63, 3.8) is 0 Å². The molecule has 0 unspecified atom stereocenters. The Morgan fingerprint density at radius 3 is 1.50 bits per heavy atom. The van der Waals surface area contributed by atoms with E-state index in [0.717, 1.165) is 0 Å². The predicted molar refractivity (Wildman–Crippen MR) is 74.0 cm³/mol. The van der Waals surface area contributed by atoms with Crippen molar-refractivity contribution in [3.05, 3.63) is 0 Å². The smallest absolute Gasteiger partial charge is 0.372 e. The number of rotatable bonds is 9. The molecule has 0 spiro atoms. The van der Waals surface area contributed by atoms with Crippen molar-refractivity contribution in [1.82, 2.24) is 0 Å². The van der Waals surface area contributed by atoms with E-state index in [1.54, 1.807) is 32.9 Å². The summed E-state index contributed by atoms with van der Waals surface area (Å²) in [6.45, 7) is 6.47. The predicted octanol–water partition coefficient (Wildman–Crippen LogP) is 0.795. The Morgan fingerprint density at radius 1 is 0.950 bits per heavy atom. The summed E-state index contributed by atoms with van der Waals surface area (Å²) in [6.07, 6.45) is 0. The fourth-order valence-electron chi connectivity index (χ4n) is 1.71. The highest BCUT2D eigenvalue weighted by molar-refractivity contribution is 7.95. The van der Waals surface area contributed by atoms with Crippen LogP contribution in [0, 0.1) is 22.7 Å². The van der Waals surface area contributed by atoms with E-state index in [4.69, 9.17) is 13.3 Å².